The summed E-state index contributed by atoms with van der Waals surface area (Å²) in [4.78, 5) is 9.38. The molecule has 31 heavy (non-hydrogen) atoms. The standard InChI is InChI=1S/C24H26N4O2S/c1-16(2)13-14-31-24-27-22(17-5-9-19(29-3)10-6-17)21(15-25)23(28-24)26-18-7-11-20(30-4)12-8-18/h5-12,16H,13-14H2,1-4H3,(H,26,27,28). The molecule has 0 bridgehead atoms. The van der Waals surface area contributed by atoms with Crippen LogP contribution in [-0.2, 0) is 0 Å². The average molecular weight is 435 g/mol. The van der Waals surface area contributed by atoms with Crippen molar-refractivity contribution in [3.05, 3.63) is 54.1 Å². The van der Waals surface area contributed by atoms with E-state index in [4.69, 9.17) is 14.5 Å². The molecule has 0 unspecified atom stereocenters. The van der Waals surface area contributed by atoms with Crippen molar-refractivity contribution in [3.8, 4) is 28.8 Å². The van der Waals surface area contributed by atoms with Gasteiger partial charge in [0.25, 0.3) is 0 Å². The second-order valence-electron chi connectivity index (χ2n) is 7.30. The van der Waals surface area contributed by atoms with Crippen molar-refractivity contribution in [2.75, 3.05) is 25.3 Å². The Hall–Kier alpha value is -3.24. The smallest absolute Gasteiger partial charge is 0.190 e. The summed E-state index contributed by atoms with van der Waals surface area (Å²) in [5.41, 5.74) is 2.65. The molecular weight excluding hydrogens is 408 g/mol. The fourth-order valence-corrected chi connectivity index (χ4v) is 3.94. The topological polar surface area (TPSA) is 80.1 Å². The fraction of sp³-hybridized carbons (Fsp3) is 0.292. The van der Waals surface area contributed by atoms with Crippen LogP contribution in [0.5, 0.6) is 11.5 Å². The van der Waals surface area contributed by atoms with Crippen LogP contribution in [0.25, 0.3) is 11.3 Å². The van der Waals surface area contributed by atoms with Gasteiger partial charge >= 0.3 is 0 Å². The molecule has 0 radical (unpaired) electrons. The lowest BCUT2D eigenvalue weighted by atomic mass is 10.1. The molecule has 6 nitrogen and oxygen atoms in total. The molecule has 0 aliphatic heterocycles. The minimum absolute atomic E-state index is 0.397. The van der Waals surface area contributed by atoms with Gasteiger partial charge in [-0.2, -0.15) is 5.26 Å². The minimum Gasteiger partial charge on any atom is -0.497 e. The second kappa shape index (κ2) is 10.7. The molecule has 0 saturated heterocycles. The molecule has 1 aromatic heterocycles. The van der Waals surface area contributed by atoms with Crippen LogP contribution in [0.3, 0.4) is 0 Å². The van der Waals surface area contributed by atoms with E-state index in [0.717, 1.165) is 34.9 Å². The van der Waals surface area contributed by atoms with Gasteiger partial charge in [-0.25, -0.2) is 9.97 Å². The number of methoxy groups -OCH3 is 2. The van der Waals surface area contributed by atoms with Gasteiger partial charge in [0, 0.05) is 17.0 Å². The number of hydrogen-bond donors (Lipinski definition) is 1. The lowest BCUT2D eigenvalue weighted by molar-refractivity contribution is 0.415. The zero-order valence-electron chi connectivity index (χ0n) is 18.2. The lowest BCUT2D eigenvalue weighted by Gasteiger charge is -2.14. The monoisotopic (exact) mass is 434 g/mol. The van der Waals surface area contributed by atoms with E-state index in [-0.39, 0.29) is 0 Å². The van der Waals surface area contributed by atoms with E-state index in [0.29, 0.717) is 28.1 Å². The number of thioether (sulfide) groups is 1. The molecule has 0 fully saturated rings. The number of benzene rings is 2. The Morgan fingerprint density at radius 2 is 1.58 bits per heavy atom. The quantitative estimate of drug-likeness (QED) is 0.331. The van der Waals surface area contributed by atoms with Crippen LogP contribution < -0.4 is 14.8 Å². The predicted molar refractivity (Wildman–Crippen MR) is 125 cm³/mol. The fourth-order valence-electron chi connectivity index (χ4n) is 2.86. The number of rotatable bonds is 9. The zero-order chi connectivity index (χ0) is 22.2. The molecule has 0 spiro atoms. The van der Waals surface area contributed by atoms with Crippen molar-refractivity contribution in [2.45, 2.75) is 25.4 Å². The van der Waals surface area contributed by atoms with Crippen molar-refractivity contribution in [1.82, 2.24) is 9.97 Å². The van der Waals surface area contributed by atoms with E-state index in [1.54, 1.807) is 26.0 Å². The SMILES string of the molecule is COc1ccc(Nc2nc(SCCC(C)C)nc(-c3ccc(OC)cc3)c2C#N)cc1. The van der Waals surface area contributed by atoms with Crippen LogP contribution in [-0.4, -0.2) is 29.9 Å². The number of anilines is 2. The first-order valence-electron chi connectivity index (χ1n) is 10.0. The van der Waals surface area contributed by atoms with Gasteiger partial charge in [-0.3, -0.25) is 0 Å². The van der Waals surface area contributed by atoms with Gasteiger partial charge in [0.1, 0.15) is 23.1 Å². The molecule has 3 aromatic rings. The summed E-state index contributed by atoms with van der Waals surface area (Å²) in [5.74, 6) is 3.51. The van der Waals surface area contributed by atoms with Gasteiger partial charge in [-0.15, -0.1) is 0 Å². The van der Waals surface area contributed by atoms with Crippen molar-refractivity contribution in [3.63, 3.8) is 0 Å². The van der Waals surface area contributed by atoms with E-state index >= 15 is 0 Å². The molecule has 0 aliphatic carbocycles. The van der Waals surface area contributed by atoms with Crippen LogP contribution in [0.1, 0.15) is 25.8 Å². The van der Waals surface area contributed by atoms with Crippen molar-refractivity contribution in [1.29, 1.82) is 5.26 Å². The Balaban J connectivity index is 2.02. The molecule has 0 atom stereocenters. The van der Waals surface area contributed by atoms with Crippen LogP contribution in [0, 0.1) is 17.2 Å². The summed E-state index contributed by atoms with van der Waals surface area (Å²) in [6.07, 6.45) is 1.06. The van der Waals surface area contributed by atoms with Gasteiger partial charge in [-0.05, 0) is 60.9 Å². The molecule has 1 N–H and O–H groups in total. The Bertz CT molecular complexity index is 1040. The largest absolute Gasteiger partial charge is 0.497 e. The number of ether oxygens (including phenoxy) is 2. The Morgan fingerprint density at radius 3 is 2.13 bits per heavy atom. The van der Waals surface area contributed by atoms with Crippen LogP contribution in [0.2, 0.25) is 0 Å². The number of nitrogens with zero attached hydrogens (tertiary/aromatic N) is 3. The van der Waals surface area contributed by atoms with E-state index in [1.165, 1.54) is 0 Å². The first-order valence-corrected chi connectivity index (χ1v) is 11.0. The highest BCUT2D eigenvalue weighted by molar-refractivity contribution is 7.99. The molecule has 0 saturated carbocycles. The van der Waals surface area contributed by atoms with E-state index in [9.17, 15) is 5.26 Å². The van der Waals surface area contributed by atoms with E-state index < -0.39 is 0 Å². The average Bonchev–Trinajstić information content (AvgIpc) is 2.79. The summed E-state index contributed by atoms with van der Waals surface area (Å²) in [5, 5.41) is 13.9. The number of hydrogen-bond acceptors (Lipinski definition) is 7. The summed E-state index contributed by atoms with van der Waals surface area (Å²) >= 11 is 1.60. The van der Waals surface area contributed by atoms with Gasteiger partial charge in [0.05, 0.1) is 19.9 Å². The Morgan fingerprint density at radius 1 is 0.968 bits per heavy atom. The lowest BCUT2D eigenvalue weighted by Crippen LogP contribution is -2.04. The van der Waals surface area contributed by atoms with Gasteiger partial charge in [0.15, 0.2) is 11.0 Å². The Kier molecular flexibility index (Phi) is 7.74. The molecular formula is C24H26N4O2S. The number of nitrogens with one attached hydrogen (secondary N) is 1. The van der Waals surface area contributed by atoms with Gasteiger partial charge in [-0.1, -0.05) is 25.6 Å². The predicted octanol–water partition coefficient (Wildman–Crippen LogP) is 5.91. The molecule has 7 heteroatoms. The highest BCUT2D eigenvalue weighted by atomic mass is 32.2. The molecule has 0 amide bonds. The maximum absolute atomic E-state index is 9.94. The summed E-state index contributed by atoms with van der Waals surface area (Å²) in [6, 6.07) is 17.3. The summed E-state index contributed by atoms with van der Waals surface area (Å²) < 4.78 is 10.5. The van der Waals surface area contributed by atoms with Crippen LogP contribution >= 0.6 is 11.8 Å². The van der Waals surface area contributed by atoms with Crippen molar-refractivity contribution in [2.24, 2.45) is 5.92 Å². The van der Waals surface area contributed by atoms with Crippen molar-refractivity contribution < 1.29 is 9.47 Å². The highest BCUT2D eigenvalue weighted by Gasteiger charge is 2.17. The molecule has 1 heterocycles. The maximum Gasteiger partial charge on any atom is 0.190 e. The number of nitriles is 1. The summed E-state index contributed by atoms with van der Waals surface area (Å²) in [6.45, 7) is 4.39. The van der Waals surface area contributed by atoms with Gasteiger partial charge < -0.3 is 14.8 Å². The zero-order valence-corrected chi connectivity index (χ0v) is 19.0. The molecule has 2 aromatic carbocycles. The summed E-state index contributed by atoms with van der Waals surface area (Å²) in [7, 11) is 3.25. The van der Waals surface area contributed by atoms with Crippen LogP contribution in [0.15, 0.2) is 53.7 Å². The third-order valence-electron chi connectivity index (χ3n) is 4.64. The van der Waals surface area contributed by atoms with E-state index in [1.807, 2.05) is 48.5 Å². The first kappa shape index (κ1) is 22.4. The van der Waals surface area contributed by atoms with Crippen molar-refractivity contribution >= 4 is 23.3 Å². The van der Waals surface area contributed by atoms with Gasteiger partial charge in [0.2, 0.25) is 0 Å². The van der Waals surface area contributed by atoms with Crippen LogP contribution in [0.4, 0.5) is 11.5 Å². The highest BCUT2D eigenvalue weighted by Crippen LogP contribution is 2.32. The first-order chi connectivity index (χ1) is 15.0. The number of aromatic nitrogens is 2. The minimum atomic E-state index is 0.397. The normalized spacial score (nSPS) is 10.6. The Labute approximate surface area is 187 Å². The third-order valence-corrected chi connectivity index (χ3v) is 5.52. The second-order valence-corrected chi connectivity index (χ2v) is 8.37. The maximum atomic E-state index is 9.94. The molecule has 3 rings (SSSR count). The third kappa shape index (κ3) is 5.89. The molecule has 0 aliphatic rings. The molecule has 160 valence electrons. The van der Waals surface area contributed by atoms with E-state index in [2.05, 4.69) is 30.2 Å².